The summed E-state index contributed by atoms with van der Waals surface area (Å²) in [6, 6.07) is -4.48. The van der Waals surface area contributed by atoms with Gasteiger partial charge in [0.25, 0.3) is 0 Å². The third-order valence-corrected chi connectivity index (χ3v) is 6.50. The fraction of sp³-hybridized carbons (Fsp3) is 0.800. The second-order valence-corrected chi connectivity index (χ2v) is 10.6. The number of carboxylic acids is 1. The number of carboxylic acid groups (broad SMARTS) is 1. The van der Waals surface area contributed by atoms with E-state index in [4.69, 9.17) is 11.5 Å². The molecule has 8 N–H and O–H groups in total. The van der Waals surface area contributed by atoms with Crippen molar-refractivity contribution in [2.75, 3.05) is 13.1 Å². The summed E-state index contributed by atoms with van der Waals surface area (Å²) >= 11 is 0. The average Bonchev–Trinajstić information content (AvgIpc) is 3.31. The lowest BCUT2D eigenvalue weighted by molar-refractivity contribution is -0.142. The maximum atomic E-state index is 12.9. The molecule has 5 atom stereocenters. The number of carbonyl (C=O) groups excluding carboxylic acids is 4. The number of nitrogens with zero attached hydrogens (tertiary/aromatic N) is 1. The molecule has 0 aromatic carbocycles. The van der Waals surface area contributed by atoms with E-state index >= 15 is 0 Å². The highest BCUT2D eigenvalue weighted by atomic mass is 16.4. The summed E-state index contributed by atoms with van der Waals surface area (Å²) < 4.78 is 0. The number of nitrogens with one attached hydrogen (secondary N) is 3. The number of hydrogen-bond acceptors (Lipinski definition) is 7. The highest BCUT2D eigenvalue weighted by Gasteiger charge is 2.38. The number of hydrogen-bond donors (Lipinski definition) is 6. The first kappa shape index (κ1) is 32.3. The first-order valence-corrected chi connectivity index (χ1v) is 13.2. The molecular weight excluding hydrogens is 480 g/mol. The lowest BCUT2D eigenvalue weighted by Gasteiger charge is -2.29. The fourth-order valence-corrected chi connectivity index (χ4v) is 4.18. The molecule has 12 heteroatoms. The van der Waals surface area contributed by atoms with Gasteiger partial charge < -0.3 is 37.4 Å². The summed E-state index contributed by atoms with van der Waals surface area (Å²) in [6.07, 6.45) is 2.81. The van der Waals surface area contributed by atoms with Crippen molar-refractivity contribution in [2.24, 2.45) is 23.3 Å². The molecular formula is C25H46N6O6. The molecule has 37 heavy (non-hydrogen) atoms. The molecule has 1 aliphatic heterocycles. The minimum Gasteiger partial charge on any atom is -0.480 e. The summed E-state index contributed by atoms with van der Waals surface area (Å²) in [5.74, 6) is -3.14. The molecule has 0 aliphatic carbocycles. The van der Waals surface area contributed by atoms with E-state index in [9.17, 15) is 29.1 Å². The normalized spacial score (nSPS) is 18.7. The Morgan fingerprint density at radius 1 is 0.946 bits per heavy atom. The van der Waals surface area contributed by atoms with Gasteiger partial charge in [-0.05, 0) is 63.8 Å². The molecule has 0 aromatic heterocycles. The molecule has 212 valence electrons. The van der Waals surface area contributed by atoms with Gasteiger partial charge in [-0.1, -0.05) is 27.7 Å². The van der Waals surface area contributed by atoms with Crippen LogP contribution in [0, 0.1) is 11.8 Å². The monoisotopic (exact) mass is 526 g/mol. The molecule has 0 spiro atoms. The largest absolute Gasteiger partial charge is 0.480 e. The smallest absolute Gasteiger partial charge is 0.326 e. The van der Waals surface area contributed by atoms with Gasteiger partial charge in [0.2, 0.25) is 23.6 Å². The molecule has 4 amide bonds. The average molecular weight is 527 g/mol. The zero-order valence-electron chi connectivity index (χ0n) is 22.8. The summed E-state index contributed by atoms with van der Waals surface area (Å²) in [4.78, 5) is 64.5. The van der Waals surface area contributed by atoms with Crippen LogP contribution in [0.15, 0.2) is 0 Å². The van der Waals surface area contributed by atoms with Gasteiger partial charge in [-0.3, -0.25) is 19.2 Å². The van der Waals surface area contributed by atoms with Crippen LogP contribution in [0.4, 0.5) is 0 Å². The topological polar surface area (TPSA) is 197 Å². The van der Waals surface area contributed by atoms with Crippen molar-refractivity contribution in [3.63, 3.8) is 0 Å². The van der Waals surface area contributed by atoms with Crippen molar-refractivity contribution in [3.8, 4) is 0 Å². The zero-order valence-corrected chi connectivity index (χ0v) is 22.8. The molecule has 0 saturated carbocycles. The first-order valence-electron chi connectivity index (χ1n) is 13.2. The Morgan fingerprint density at radius 3 is 2.11 bits per heavy atom. The van der Waals surface area contributed by atoms with E-state index < -0.39 is 53.9 Å². The van der Waals surface area contributed by atoms with E-state index in [-0.39, 0.29) is 30.6 Å². The molecule has 0 bridgehead atoms. The van der Waals surface area contributed by atoms with Gasteiger partial charge in [-0.2, -0.15) is 0 Å². The lowest BCUT2D eigenvalue weighted by Crippen LogP contribution is -2.57. The van der Waals surface area contributed by atoms with E-state index in [1.807, 2.05) is 27.7 Å². The molecule has 0 unspecified atom stereocenters. The van der Waals surface area contributed by atoms with Crippen molar-refractivity contribution in [1.29, 1.82) is 0 Å². The van der Waals surface area contributed by atoms with Gasteiger partial charge >= 0.3 is 5.97 Å². The molecule has 1 fully saturated rings. The standard InChI is InChI=1S/C25H46N6O6/c1-14(2)13-18(22(33)29-17(25(36)37)9-6-7-11-26)30-21(32)16(5)28-23(34)19-10-8-12-31(19)24(35)20(27)15(3)4/h14-20H,6-13,26-27H2,1-5H3,(H,28,34)(H,29,33)(H,30,32)(H,36,37)/t16-,17-,18-,19-,20-/m0/s1. The number of amides is 4. The van der Waals surface area contributed by atoms with Crippen LogP contribution in [0.1, 0.15) is 73.1 Å². The van der Waals surface area contributed by atoms with Crippen LogP contribution in [0.25, 0.3) is 0 Å². The van der Waals surface area contributed by atoms with Gasteiger partial charge in [0.1, 0.15) is 24.2 Å². The number of rotatable bonds is 15. The third-order valence-electron chi connectivity index (χ3n) is 6.50. The second-order valence-electron chi connectivity index (χ2n) is 10.6. The maximum Gasteiger partial charge on any atom is 0.326 e. The maximum absolute atomic E-state index is 12.9. The van der Waals surface area contributed by atoms with E-state index in [1.54, 1.807) is 0 Å². The van der Waals surface area contributed by atoms with Crippen LogP contribution >= 0.6 is 0 Å². The molecule has 0 radical (unpaired) electrons. The lowest BCUT2D eigenvalue weighted by atomic mass is 10.0. The van der Waals surface area contributed by atoms with E-state index in [0.717, 1.165) is 0 Å². The summed E-state index contributed by atoms with van der Waals surface area (Å²) in [5, 5.41) is 17.3. The zero-order chi connectivity index (χ0) is 28.3. The Bertz CT molecular complexity index is 805. The predicted molar refractivity (Wildman–Crippen MR) is 139 cm³/mol. The molecule has 1 rings (SSSR count). The van der Waals surface area contributed by atoms with Crippen molar-refractivity contribution in [1.82, 2.24) is 20.9 Å². The Kier molecular flexibility index (Phi) is 13.5. The Balaban J connectivity index is 2.82. The Labute approximate surface area is 219 Å². The highest BCUT2D eigenvalue weighted by Crippen LogP contribution is 2.20. The van der Waals surface area contributed by atoms with Crippen LogP contribution in [0.2, 0.25) is 0 Å². The molecule has 1 saturated heterocycles. The number of aliphatic carboxylic acids is 1. The molecule has 12 nitrogen and oxygen atoms in total. The SMILES string of the molecule is CC(C)C[C@H](NC(=O)[C@H](C)NC(=O)[C@@H]1CCCN1C(=O)[C@@H](N)C(C)C)C(=O)N[C@@H](CCCCN)C(=O)O. The van der Waals surface area contributed by atoms with Gasteiger partial charge in [0, 0.05) is 6.54 Å². The van der Waals surface area contributed by atoms with Crippen molar-refractivity contribution < 1.29 is 29.1 Å². The van der Waals surface area contributed by atoms with Gasteiger partial charge in [-0.15, -0.1) is 0 Å². The van der Waals surface area contributed by atoms with Gasteiger partial charge in [0.15, 0.2) is 0 Å². The van der Waals surface area contributed by atoms with Crippen LogP contribution in [-0.4, -0.2) is 82.9 Å². The summed E-state index contributed by atoms with van der Waals surface area (Å²) in [6.45, 7) is 9.76. The third kappa shape index (κ3) is 10.3. The number of nitrogens with two attached hydrogens (primary N) is 2. The van der Waals surface area contributed by atoms with Gasteiger partial charge in [-0.25, -0.2) is 4.79 Å². The first-order chi connectivity index (χ1) is 17.3. The minimum absolute atomic E-state index is 0.0321. The minimum atomic E-state index is -1.16. The highest BCUT2D eigenvalue weighted by molar-refractivity contribution is 5.95. The van der Waals surface area contributed by atoms with Crippen LogP contribution < -0.4 is 27.4 Å². The molecule has 1 heterocycles. The number of carbonyl (C=O) groups is 5. The fourth-order valence-electron chi connectivity index (χ4n) is 4.18. The van der Waals surface area contributed by atoms with Crippen molar-refractivity contribution in [2.45, 2.75) is 103 Å². The number of likely N-dealkylation sites (tertiary alicyclic amines) is 1. The summed E-state index contributed by atoms with van der Waals surface area (Å²) in [5.41, 5.74) is 11.5. The van der Waals surface area contributed by atoms with E-state index in [1.165, 1.54) is 11.8 Å². The van der Waals surface area contributed by atoms with Crippen LogP contribution in [0.3, 0.4) is 0 Å². The van der Waals surface area contributed by atoms with Crippen molar-refractivity contribution in [3.05, 3.63) is 0 Å². The van der Waals surface area contributed by atoms with E-state index in [0.29, 0.717) is 38.8 Å². The number of unbranched alkanes of at least 4 members (excludes halogenated alkanes) is 1. The molecule has 0 aromatic rings. The summed E-state index contributed by atoms with van der Waals surface area (Å²) in [7, 11) is 0. The molecule has 1 aliphatic rings. The van der Waals surface area contributed by atoms with Crippen LogP contribution in [-0.2, 0) is 24.0 Å². The van der Waals surface area contributed by atoms with Crippen LogP contribution in [0.5, 0.6) is 0 Å². The second kappa shape index (κ2) is 15.5. The van der Waals surface area contributed by atoms with E-state index in [2.05, 4.69) is 16.0 Å². The van der Waals surface area contributed by atoms with Crippen molar-refractivity contribution >= 4 is 29.6 Å². The quantitative estimate of drug-likeness (QED) is 0.156. The predicted octanol–water partition coefficient (Wildman–Crippen LogP) is -0.305. The van der Waals surface area contributed by atoms with Gasteiger partial charge in [0.05, 0.1) is 6.04 Å². The Morgan fingerprint density at radius 2 is 1.57 bits per heavy atom. The Hall–Kier alpha value is -2.73.